The largest absolute Gasteiger partial charge is 0.310 e. The first kappa shape index (κ1) is 11.1. The molecule has 0 spiro atoms. The molecule has 0 heterocycles. The third-order valence-corrected chi connectivity index (χ3v) is 3.71. The number of hydrogen-bond donors (Lipinski definition) is 1. The standard InChI is InChI=1S/C12H15BrFN/c1-8-4-11(5-8)15-7-9-2-3-10(14)6-12(9)13/h2-3,6,8,11,15H,4-5,7H2,1H3. The summed E-state index contributed by atoms with van der Waals surface area (Å²) in [6.45, 7) is 3.09. The van der Waals surface area contributed by atoms with E-state index in [1.165, 1.54) is 25.0 Å². The quantitative estimate of drug-likeness (QED) is 0.888. The van der Waals surface area contributed by atoms with Gasteiger partial charge in [0, 0.05) is 17.1 Å². The van der Waals surface area contributed by atoms with Gasteiger partial charge in [-0.1, -0.05) is 28.9 Å². The molecule has 1 N–H and O–H groups in total. The zero-order valence-corrected chi connectivity index (χ0v) is 10.3. The van der Waals surface area contributed by atoms with Crippen LogP contribution in [-0.2, 0) is 6.54 Å². The minimum Gasteiger partial charge on any atom is -0.310 e. The number of hydrogen-bond acceptors (Lipinski definition) is 1. The number of halogens is 2. The van der Waals surface area contributed by atoms with Crippen molar-refractivity contribution in [2.45, 2.75) is 32.4 Å². The monoisotopic (exact) mass is 271 g/mol. The third kappa shape index (κ3) is 2.79. The molecule has 1 nitrogen and oxygen atoms in total. The van der Waals surface area contributed by atoms with E-state index >= 15 is 0 Å². The maximum absolute atomic E-state index is 12.8. The molecule has 0 unspecified atom stereocenters. The number of benzene rings is 1. The predicted molar refractivity (Wildman–Crippen MR) is 63.1 cm³/mol. The lowest BCUT2D eigenvalue weighted by molar-refractivity contribution is 0.240. The molecule has 1 saturated carbocycles. The normalized spacial score (nSPS) is 25.0. The molecule has 0 aromatic heterocycles. The first-order valence-electron chi connectivity index (χ1n) is 5.32. The van der Waals surface area contributed by atoms with Crippen molar-refractivity contribution in [3.05, 3.63) is 34.1 Å². The van der Waals surface area contributed by atoms with Crippen LogP contribution >= 0.6 is 15.9 Å². The molecule has 0 bridgehead atoms. The van der Waals surface area contributed by atoms with Crippen LogP contribution in [0.15, 0.2) is 22.7 Å². The summed E-state index contributed by atoms with van der Waals surface area (Å²) in [5.41, 5.74) is 1.12. The van der Waals surface area contributed by atoms with Gasteiger partial charge >= 0.3 is 0 Å². The van der Waals surface area contributed by atoms with Gasteiger partial charge in [0.1, 0.15) is 5.82 Å². The lowest BCUT2D eigenvalue weighted by Gasteiger charge is -2.33. The Kier molecular flexibility index (Phi) is 3.42. The highest BCUT2D eigenvalue weighted by molar-refractivity contribution is 9.10. The van der Waals surface area contributed by atoms with Gasteiger partial charge in [0.25, 0.3) is 0 Å². The smallest absolute Gasteiger partial charge is 0.124 e. The number of nitrogens with one attached hydrogen (secondary N) is 1. The van der Waals surface area contributed by atoms with Crippen LogP contribution in [0.25, 0.3) is 0 Å². The molecule has 1 fully saturated rings. The van der Waals surface area contributed by atoms with Gasteiger partial charge in [-0.2, -0.15) is 0 Å². The summed E-state index contributed by atoms with van der Waals surface area (Å²) >= 11 is 3.37. The second-order valence-corrected chi connectivity index (χ2v) is 5.24. The van der Waals surface area contributed by atoms with Gasteiger partial charge in [0.2, 0.25) is 0 Å². The third-order valence-electron chi connectivity index (χ3n) is 2.97. The second-order valence-electron chi connectivity index (χ2n) is 4.39. The molecule has 1 aromatic carbocycles. The summed E-state index contributed by atoms with van der Waals surface area (Å²) in [5.74, 6) is 0.669. The molecule has 1 aliphatic carbocycles. The van der Waals surface area contributed by atoms with Crippen molar-refractivity contribution in [2.75, 3.05) is 0 Å². The van der Waals surface area contributed by atoms with Crippen LogP contribution in [0.5, 0.6) is 0 Å². The molecule has 0 aliphatic heterocycles. The van der Waals surface area contributed by atoms with Crippen LogP contribution in [0.3, 0.4) is 0 Å². The van der Waals surface area contributed by atoms with Gasteiger partial charge < -0.3 is 5.32 Å². The Morgan fingerprint density at radius 2 is 2.20 bits per heavy atom. The Morgan fingerprint density at radius 1 is 1.47 bits per heavy atom. The minimum absolute atomic E-state index is 0.192. The van der Waals surface area contributed by atoms with E-state index in [0.717, 1.165) is 22.5 Å². The highest BCUT2D eigenvalue weighted by atomic mass is 79.9. The molecular formula is C12H15BrFN. The first-order chi connectivity index (χ1) is 7.15. The van der Waals surface area contributed by atoms with Crippen molar-refractivity contribution in [1.29, 1.82) is 0 Å². The topological polar surface area (TPSA) is 12.0 Å². The molecule has 0 amide bonds. The fourth-order valence-corrected chi connectivity index (χ4v) is 2.48. The van der Waals surface area contributed by atoms with Crippen molar-refractivity contribution in [3.8, 4) is 0 Å². The summed E-state index contributed by atoms with van der Waals surface area (Å²) in [5, 5.41) is 3.47. The van der Waals surface area contributed by atoms with E-state index in [2.05, 4.69) is 28.2 Å². The Labute approximate surface area is 98.2 Å². The molecule has 2 rings (SSSR count). The van der Waals surface area contributed by atoms with Crippen LogP contribution in [-0.4, -0.2) is 6.04 Å². The molecular weight excluding hydrogens is 257 g/mol. The van der Waals surface area contributed by atoms with Gasteiger partial charge in [-0.15, -0.1) is 0 Å². The van der Waals surface area contributed by atoms with E-state index < -0.39 is 0 Å². The van der Waals surface area contributed by atoms with E-state index in [-0.39, 0.29) is 5.82 Å². The molecule has 0 radical (unpaired) electrons. The number of rotatable bonds is 3. The second kappa shape index (κ2) is 4.62. The van der Waals surface area contributed by atoms with Crippen LogP contribution in [0.1, 0.15) is 25.3 Å². The minimum atomic E-state index is -0.192. The van der Waals surface area contributed by atoms with E-state index in [9.17, 15) is 4.39 Å². The van der Waals surface area contributed by atoms with E-state index in [1.54, 1.807) is 0 Å². The Hall–Kier alpha value is -0.410. The van der Waals surface area contributed by atoms with E-state index in [4.69, 9.17) is 0 Å². The summed E-state index contributed by atoms with van der Waals surface area (Å²) < 4.78 is 13.7. The fraction of sp³-hybridized carbons (Fsp3) is 0.500. The molecule has 3 heteroatoms. The van der Waals surface area contributed by atoms with Crippen LogP contribution in [0.2, 0.25) is 0 Å². The lowest BCUT2D eigenvalue weighted by atomic mass is 9.82. The van der Waals surface area contributed by atoms with Crippen molar-refractivity contribution >= 4 is 15.9 Å². The van der Waals surface area contributed by atoms with Gasteiger partial charge in [-0.3, -0.25) is 0 Å². The molecule has 82 valence electrons. The van der Waals surface area contributed by atoms with Gasteiger partial charge in [0.05, 0.1) is 0 Å². The Balaban J connectivity index is 1.88. The van der Waals surface area contributed by atoms with Crippen molar-refractivity contribution in [1.82, 2.24) is 5.32 Å². The van der Waals surface area contributed by atoms with Crippen molar-refractivity contribution in [2.24, 2.45) is 5.92 Å². The van der Waals surface area contributed by atoms with Gasteiger partial charge in [-0.25, -0.2) is 4.39 Å². The van der Waals surface area contributed by atoms with Crippen molar-refractivity contribution in [3.63, 3.8) is 0 Å². The molecule has 0 atom stereocenters. The average Bonchev–Trinajstić information content (AvgIpc) is 2.13. The molecule has 0 saturated heterocycles. The summed E-state index contributed by atoms with van der Waals surface area (Å²) in [6, 6.07) is 5.50. The first-order valence-corrected chi connectivity index (χ1v) is 6.12. The zero-order chi connectivity index (χ0) is 10.8. The summed E-state index contributed by atoms with van der Waals surface area (Å²) in [6.07, 6.45) is 2.53. The van der Waals surface area contributed by atoms with Crippen LogP contribution in [0.4, 0.5) is 4.39 Å². The maximum Gasteiger partial charge on any atom is 0.124 e. The molecule has 15 heavy (non-hydrogen) atoms. The Bertz CT molecular complexity index is 347. The van der Waals surface area contributed by atoms with E-state index in [0.29, 0.717) is 6.04 Å². The lowest BCUT2D eigenvalue weighted by Crippen LogP contribution is -2.39. The summed E-state index contributed by atoms with van der Waals surface area (Å²) in [4.78, 5) is 0. The summed E-state index contributed by atoms with van der Waals surface area (Å²) in [7, 11) is 0. The van der Waals surface area contributed by atoms with Crippen molar-refractivity contribution < 1.29 is 4.39 Å². The van der Waals surface area contributed by atoms with Gasteiger partial charge in [-0.05, 0) is 36.5 Å². The maximum atomic E-state index is 12.8. The van der Waals surface area contributed by atoms with E-state index in [1.807, 2.05) is 6.07 Å². The average molecular weight is 272 g/mol. The van der Waals surface area contributed by atoms with Crippen LogP contribution in [0, 0.1) is 11.7 Å². The highest BCUT2D eigenvalue weighted by Crippen LogP contribution is 2.27. The molecule has 1 aliphatic rings. The zero-order valence-electron chi connectivity index (χ0n) is 8.76. The predicted octanol–water partition coefficient (Wildman–Crippen LogP) is 3.48. The van der Waals surface area contributed by atoms with Gasteiger partial charge in [0.15, 0.2) is 0 Å². The van der Waals surface area contributed by atoms with Crippen LogP contribution < -0.4 is 5.32 Å². The Morgan fingerprint density at radius 3 is 2.80 bits per heavy atom. The highest BCUT2D eigenvalue weighted by Gasteiger charge is 2.24. The molecule has 1 aromatic rings. The SMILES string of the molecule is CC1CC(NCc2ccc(F)cc2Br)C1. The fourth-order valence-electron chi connectivity index (χ4n) is 1.99.